The number of rotatable bonds is 1. The highest BCUT2D eigenvalue weighted by Crippen LogP contribution is 2.35. The minimum Gasteiger partial charge on any atom is -0.206 e. The van der Waals surface area contributed by atoms with Crippen LogP contribution in [0.4, 0.5) is 17.6 Å². The zero-order valence-electron chi connectivity index (χ0n) is 10.4. The molecule has 0 spiro atoms. The van der Waals surface area contributed by atoms with Crippen molar-refractivity contribution in [1.82, 2.24) is 0 Å². The van der Waals surface area contributed by atoms with Crippen molar-refractivity contribution in [3.05, 3.63) is 58.9 Å². The molecular formula is C15H6F4N2. The van der Waals surface area contributed by atoms with Crippen molar-refractivity contribution in [3.63, 3.8) is 0 Å². The molecule has 2 nitrogen and oxygen atoms in total. The molecule has 21 heavy (non-hydrogen) atoms. The first kappa shape index (κ1) is 14.5. The van der Waals surface area contributed by atoms with E-state index in [1.807, 2.05) is 0 Å². The van der Waals surface area contributed by atoms with E-state index in [9.17, 15) is 17.6 Å². The average molecular weight is 290 g/mol. The molecule has 0 radical (unpaired) electrons. The van der Waals surface area contributed by atoms with Gasteiger partial charge in [0, 0.05) is 5.56 Å². The van der Waals surface area contributed by atoms with E-state index < -0.39 is 23.1 Å². The van der Waals surface area contributed by atoms with Crippen LogP contribution in [0.25, 0.3) is 11.1 Å². The summed E-state index contributed by atoms with van der Waals surface area (Å²) in [5, 5.41) is 17.3. The fourth-order valence-corrected chi connectivity index (χ4v) is 1.86. The maximum atomic E-state index is 13.8. The van der Waals surface area contributed by atoms with Gasteiger partial charge in [-0.2, -0.15) is 23.7 Å². The minimum absolute atomic E-state index is 0.0108. The lowest BCUT2D eigenvalue weighted by molar-refractivity contribution is -0.137. The van der Waals surface area contributed by atoms with Crippen LogP contribution in [0.3, 0.4) is 0 Å². The maximum absolute atomic E-state index is 13.8. The molecule has 0 aliphatic carbocycles. The molecule has 0 fully saturated rings. The van der Waals surface area contributed by atoms with Crippen LogP contribution in [0.2, 0.25) is 0 Å². The number of hydrogen-bond acceptors (Lipinski definition) is 2. The van der Waals surface area contributed by atoms with Crippen molar-refractivity contribution in [1.29, 1.82) is 10.5 Å². The standard InChI is InChI=1S/C15H6F4N2/c16-14-5-9(7-20)1-4-12(14)10-2-3-11(8-21)13(6-10)15(17,18)19/h1-6H. The van der Waals surface area contributed by atoms with Gasteiger partial charge in [0.15, 0.2) is 0 Å². The maximum Gasteiger partial charge on any atom is 0.417 e. The third-order valence-electron chi connectivity index (χ3n) is 2.85. The van der Waals surface area contributed by atoms with Gasteiger partial charge in [-0.1, -0.05) is 12.1 Å². The molecule has 0 bridgehead atoms. The van der Waals surface area contributed by atoms with E-state index in [2.05, 4.69) is 0 Å². The van der Waals surface area contributed by atoms with Gasteiger partial charge >= 0.3 is 6.18 Å². The number of halogens is 4. The van der Waals surface area contributed by atoms with Crippen molar-refractivity contribution in [2.24, 2.45) is 0 Å². The molecule has 2 aromatic rings. The van der Waals surface area contributed by atoms with Gasteiger partial charge < -0.3 is 0 Å². The first-order valence-electron chi connectivity index (χ1n) is 5.68. The summed E-state index contributed by atoms with van der Waals surface area (Å²) in [7, 11) is 0. The summed E-state index contributed by atoms with van der Waals surface area (Å²) in [5.41, 5.74) is -1.65. The largest absolute Gasteiger partial charge is 0.417 e. The average Bonchev–Trinajstić information content (AvgIpc) is 2.45. The summed E-state index contributed by atoms with van der Waals surface area (Å²) in [4.78, 5) is 0. The van der Waals surface area contributed by atoms with Gasteiger partial charge in [-0.25, -0.2) is 4.39 Å². The van der Waals surface area contributed by atoms with Gasteiger partial charge in [0.1, 0.15) is 5.82 Å². The van der Waals surface area contributed by atoms with Crippen molar-refractivity contribution in [2.45, 2.75) is 6.18 Å². The molecule has 2 aromatic carbocycles. The second-order valence-electron chi connectivity index (χ2n) is 4.18. The Morgan fingerprint density at radius 1 is 0.905 bits per heavy atom. The molecule has 0 saturated carbocycles. The predicted octanol–water partition coefficient (Wildman–Crippen LogP) is 4.25. The Bertz CT molecular complexity index is 780. The van der Waals surface area contributed by atoms with Crippen molar-refractivity contribution in [3.8, 4) is 23.3 Å². The van der Waals surface area contributed by atoms with Crippen LogP contribution in [0.15, 0.2) is 36.4 Å². The third kappa shape index (κ3) is 2.85. The van der Waals surface area contributed by atoms with Crippen LogP contribution in [0, 0.1) is 28.5 Å². The Labute approximate surface area is 117 Å². The van der Waals surface area contributed by atoms with Crippen LogP contribution in [-0.2, 0) is 6.18 Å². The van der Waals surface area contributed by atoms with E-state index in [1.165, 1.54) is 24.3 Å². The Morgan fingerprint density at radius 3 is 2.14 bits per heavy atom. The minimum atomic E-state index is -4.70. The number of nitriles is 2. The fraction of sp³-hybridized carbons (Fsp3) is 0.0667. The lowest BCUT2D eigenvalue weighted by atomic mass is 9.98. The highest BCUT2D eigenvalue weighted by Gasteiger charge is 2.34. The first-order chi connectivity index (χ1) is 9.86. The SMILES string of the molecule is N#Cc1ccc(-c2ccc(C#N)c(C(F)(F)F)c2)c(F)c1. The van der Waals surface area contributed by atoms with Crippen LogP contribution in [-0.4, -0.2) is 0 Å². The molecule has 104 valence electrons. The summed E-state index contributed by atoms with van der Waals surface area (Å²) >= 11 is 0. The van der Waals surface area contributed by atoms with Gasteiger partial charge in [0.05, 0.1) is 28.8 Å². The summed E-state index contributed by atoms with van der Waals surface area (Å²) in [5.74, 6) is -0.799. The normalized spacial score (nSPS) is 10.8. The van der Waals surface area contributed by atoms with Crippen LogP contribution < -0.4 is 0 Å². The molecule has 2 rings (SSSR count). The summed E-state index contributed by atoms with van der Waals surface area (Å²) in [6.45, 7) is 0. The molecule has 0 aliphatic rings. The van der Waals surface area contributed by atoms with E-state index in [0.717, 1.165) is 18.2 Å². The molecule has 0 aromatic heterocycles. The van der Waals surface area contributed by atoms with Gasteiger partial charge in [-0.3, -0.25) is 0 Å². The Kier molecular flexibility index (Phi) is 3.64. The Hall–Kier alpha value is -2.86. The molecule has 0 aliphatic heterocycles. The second-order valence-corrected chi connectivity index (χ2v) is 4.18. The molecule has 0 heterocycles. The zero-order valence-corrected chi connectivity index (χ0v) is 10.4. The van der Waals surface area contributed by atoms with Gasteiger partial charge in [0.2, 0.25) is 0 Å². The molecule has 6 heteroatoms. The molecule has 0 unspecified atom stereocenters. The van der Waals surface area contributed by atoms with Crippen molar-refractivity contribution in [2.75, 3.05) is 0 Å². The topological polar surface area (TPSA) is 47.6 Å². The summed E-state index contributed by atoms with van der Waals surface area (Å²) in [6, 6.07) is 9.64. The Balaban J connectivity index is 2.62. The van der Waals surface area contributed by atoms with E-state index >= 15 is 0 Å². The molecule has 0 saturated heterocycles. The number of benzene rings is 2. The van der Waals surface area contributed by atoms with Crippen LogP contribution in [0.1, 0.15) is 16.7 Å². The monoisotopic (exact) mass is 290 g/mol. The number of alkyl halides is 3. The zero-order chi connectivity index (χ0) is 15.6. The fourth-order valence-electron chi connectivity index (χ4n) is 1.86. The lowest BCUT2D eigenvalue weighted by Crippen LogP contribution is -2.08. The molecule has 0 amide bonds. The van der Waals surface area contributed by atoms with E-state index in [-0.39, 0.29) is 16.7 Å². The summed E-state index contributed by atoms with van der Waals surface area (Å²) < 4.78 is 52.4. The second kappa shape index (κ2) is 5.26. The van der Waals surface area contributed by atoms with Gasteiger partial charge in [0.25, 0.3) is 0 Å². The number of hydrogen-bond donors (Lipinski definition) is 0. The first-order valence-corrected chi connectivity index (χ1v) is 5.68. The molecule has 0 N–H and O–H groups in total. The van der Waals surface area contributed by atoms with E-state index in [0.29, 0.717) is 0 Å². The lowest BCUT2D eigenvalue weighted by Gasteiger charge is -2.11. The smallest absolute Gasteiger partial charge is 0.206 e. The Morgan fingerprint density at radius 2 is 1.62 bits per heavy atom. The number of nitrogens with zero attached hydrogens (tertiary/aromatic N) is 2. The van der Waals surface area contributed by atoms with Gasteiger partial charge in [-0.05, 0) is 29.8 Å². The van der Waals surface area contributed by atoms with Crippen LogP contribution in [0.5, 0.6) is 0 Å². The van der Waals surface area contributed by atoms with E-state index in [4.69, 9.17) is 10.5 Å². The van der Waals surface area contributed by atoms with Crippen molar-refractivity contribution < 1.29 is 17.6 Å². The summed E-state index contributed by atoms with van der Waals surface area (Å²) in [6.07, 6.45) is -4.70. The highest BCUT2D eigenvalue weighted by molar-refractivity contribution is 5.67. The quantitative estimate of drug-likeness (QED) is 0.737. The van der Waals surface area contributed by atoms with Crippen LogP contribution >= 0.6 is 0 Å². The predicted molar refractivity (Wildman–Crippen MR) is 66.3 cm³/mol. The van der Waals surface area contributed by atoms with Crippen molar-refractivity contribution >= 4 is 0 Å². The highest BCUT2D eigenvalue weighted by atomic mass is 19.4. The van der Waals surface area contributed by atoms with Gasteiger partial charge in [-0.15, -0.1) is 0 Å². The third-order valence-corrected chi connectivity index (χ3v) is 2.85. The molecular weight excluding hydrogens is 284 g/mol. The molecule has 0 atom stereocenters. The van der Waals surface area contributed by atoms with E-state index in [1.54, 1.807) is 6.07 Å².